The van der Waals surface area contributed by atoms with Crippen LogP contribution >= 0.6 is 0 Å². The molecule has 3 aromatic carbocycles. The maximum atomic E-state index is 13.3. The van der Waals surface area contributed by atoms with Gasteiger partial charge in [-0.1, -0.05) is 42.5 Å². The molecule has 2 heterocycles. The molecule has 1 amide bonds. The van der Waals surface area contributed by atoms with Gasteiger partial charge >= 0.3 is 0 Å². The molecule has 5 rings (SSSR count). The Morgan fingerprint density at radius 2 is 1.68 bits per heavy atom. The SMILES string of the molecule is CCN(CC)C(=O)c1ccccc1OCC1c2cc(OC)c(OC)cc2CCN1Cc1cnc(-c2ccccc2)[nH]1. The number of hydrogen-bond acceptors (Lipinski definition) is 6. The molecule has 214 valence electrons. The molecule has 1 atom stereocenters. The van der Waals surface area contributed by atoms with Crippen LogP contribution in [0.3, 0.4) is 0 Å². The van der Waals surface area contributed by atoms with Gasteiger partial charge in [0.2, 0.25) is 0 Å². The maximum Gasteiger partial charge on any atom is 0.257 e. The first-order chi connectivity index (χ1) is 20.1. The molecule has 0 bridgehead atoms. The monoisotopic (exact) mass is 554 g/mol. The molecule has 41 heavy (non-hydrogen) atoms. The third-order valence-corrected chi connectivity index (χ3v) is 7.73. The van der Waals surface area contributed by atoms with Gasteiger partial charge in [-0.15, -0.1) is 0 Å². The van der Waals surface area contributed by atoms with E-state index in [0.717, 1.165) is 41.4 Å². The molecule has 1 aliphatic rings. The van der Waals surface area contributed by atoms with E-state index < -0.39 is 0 Å². The van der Waals surface area contributed by atoms with Crippen molar-refractivity contribution < 1.29 is 19.0 Å². The number of rotatable bonds is 11. The Kier molecular flexibility index (Phi) is 8.89. The molecule has 0 saturated carbocycles. The molecule has 1 N–H and O–H groups in total. The van der Waals surface area contributed by atoms with Gasteiger partial charge in [-0.25, -0.2) is 4.98 Å². The fraction of sp³-hybridized carbons (Fsp3) is 0.333. The molecule has 0 fully saturated rings. The Morgan fingerprint density at radius 3 is 2.41 bits per heavy atom. The summed E-state index contributed by atoms with van der Waals surface area (Å²) < 4.78 is 17.7. The molecular weight excluding hydrogens is 516 g/mol. The molecule has 0 radical (unpaired) electrons. The predicted molar refractivity (Wildman–Crippen MR) is 160 cm³/mol. The van der Waals surface area contributed by atoms with Gasteiger partial charge in [-0.3, -0.25) is 9.69 Å². The first-order valence-corrected chi connectivity index (χ1v) is 14.1. The van der Waals surface area contributed by atoms with E-state index >= 15 is 0 Å². The van der Waals surface area contributed by atoms with Gasteiger partial charge in [0.25, 0.3) is 5.91 Å². The zero-order valence-corrected chi connectivity index (χ0v) is 24.2. The van der Waals surface area contributed by atoms with Gasteiger partial charge < -0.3 is 24.1 Å². The first kappa shape index (κ1) is 28.2. The molecule has 8 heteroatoms. The van der Waals surface area contributed by atoms with Gasteiger partial charge in [-0.05, 0) is 55.7 Å². The molecule has 0 aliphatic carbocycles. The second-order valence-corrected chi connectivity index (χ2v) is 10.0. The number of para-hydroxylation sites is 1. The second-order valence-electron chi connectivity index (χ2n) is 10.0. The number of fused-ring (bicyclic) bond motifs is 1. The van der Waals surface area contributed by atoms with Crippen LogP contribution in [0, 0.1) is 0 Å². The van der Waals surface area contributed by atoms with Crippen LogP contribution in [0.25, 0.3) is 11.4 Å². The highest BCUT2D eigenvalue weighted by Gasteiger charge is 2.31. The smallest absolute Gasteiger partial charge is 0.257 e. The lowest BCUT2D eigenvalue weighted by atomic mass is 9.92. The number of amides is 1. The van der Waals surface area contributed by atoms with Crippen molar-refractivity contribution in [2.75, 3.05) is 40.5 Å². The average Bonchev–Trinajstić information content (AvgIpc) is 3.49. The topological polar surface area (TPSA) is 79.9 Å². The van der Waals surface area contributed by atoms with Crippen LogP contribution in [0.5, 0.6) is 17.2 Å². The molecule has 0 spiro atoms. The van der Waals surface area contributed by atoms with Crippen LogP contribution < -0.4 is 14.2 Å². The number of benzene rings is 3. The van der Waals surface area contributed by atoms with Crippen molar-refractivity contribution in [3.63, 3.8) is 0 Å². The highest BCUT2D eigenvalue weighted by atomic mass is 16.5. The van der Waals surface area contributed by atoms with Crippen molar-refractivity contribution in [3.05, 3.63) is 95.3 Å². The Labute approximate surface area is 241 Å². The van der Waals surface area contributed by atoms with Crippen molar-refractivity contribution in [3.8, 4) is 28.6 Å². The number of aromatic nitrogens is 2. The number of aromatic amines is 1. The number of ether oxygens (including phenoxy) is 3. The summed E-state index contributed by atoms with van der Waals surface area (Å²) in [6.45, 7) is 7.13. The summed E-state index contributed by atoms with van der Waals surface area (Å²) in [4.78, 5) is 25.6. The summed E-state index contributed by atoms with van der Waals surface area (Å²) in [6, 6.07) is 21.7. The number of imidazole rings is 1. The highest BCUT2D eigenvalue weighted by molar-refractivity contribution is 5.96. The Morgan fingerprint density at radius 1 is 0.976 bits per heavy atom. The van der Waals surface area contributed by atoms with Gasteiger partial charge in [0.1, 0.15) is 18.2 Å². The minimum absolute atomic E-state index is 0.0243. The minimum Gasteiger partial charge on any atom is -0.493 e. The quantitative estimate of drug-likeness (QED) is 0.254. The Bertz CT molecular complexity index is 1470. The minimum atomic E-state index is -0.0846. The lowest BCUT2D eigenvalue weighted by Gasteiger charge is -2.37. The molecule has 1 unspecified atom stereocenters. The van der Waals surface area contributed by atoms with E-state index in [2.05, 4.69) is 27.0 Å². The normalized spacial score (nSPS) is 14.8. The van der Waals surface area contributed by atoms with Gasteiger partial charge in [0.15, 0.2) is 11.5 Å². The number of carbonyl (C=O) groups excluding carboxylic acids is 1. The van der Waals surface area contributed by atoms with Crippen LogP contribution in [0.4, 0.5) is 0 Å². The number of methoxy groups -OCH3 is 2. The van der Waals surface area contributed by atoms with Gasteiger partial charge in [0.05, 0.1) is 25.8 Å². The van der Waals surface area contributed by atoms with E-state index in [4.69, 9.17) is 14.2 Å². The first-order valence-electron chi connectivity index (χ1n) is 14.1. The largest absolute Gasteiger partial charge is 0.493 e. The Hall–Kier alpha value is -4.30. The summed E-state index contributed by atoms with van der Waals surface area (Å²) in [5.41, 5.74) is 4.98. The van der Waals surface area contributed by atoms with Gasteiger partial charge in [0, 0.05) is 43.6 Å². The summed E-state index contributed by atoms with van der Waals surface area (Å²) >= 11 is 0. The lowest BCUT2D eigenvalue weighted by Crippen LogP contribution is -2.38. The van der Waals surface area contributed by atoms with E-state index in [1.165, 1.54) is 5.56 Å². The summed E-state index contributed by atoms with van der Waals surface area (Å²) in [5, 5.41) is 0. The second kappa shape index (κ2) is 12.9. The van der Waals surface area contributed by atoms with Crippen LogP contribution in [0.1, 0.15) is 47.1 Å². The molecule has 0 saturated heterocycles. The summed E-state index contributed by atoms with van der Waals surface area (Å²) in [5.74, 6) is 2.81. The third-order valence-electron chi connectivity index (χ3n) is 7.73. The van der Waals surface area contributed by atoms with E-state index in [-0.39, 0.29) is 11.9 Å². The fourth-order valence-corrected chi connectivity index (χ4v) is 5.48. The molecule has 1 aliphatic heterocycles. The standard InChI is InChI=1S/C33H38N4O4/c1-5-36(6-2)33(38)26-14-10-11-15-29(26)41-22-28-27-19-31(40-4)30(39-3)18-24(27)16-17-37(28)21-25-20-34-32(35-25)23-12-8-7-9-13-23/h7-15,18-20,28H,5-6,16-17,21-22H2,1-4H3,(H,34,35). The molecular formula is C33H38N4O4. The maximum absolute atomic E-state index is 13.3. The highest BCUT2D eigenvalue weighted by Crippen LogP contribution is 2.39. The fourth-order valence-electron chi connectivity index (χ4n) is 5.48. The van der Waals surface area contributed by atoms with Crippen LogP contribution in [0.2, 0.25) is 0 Å². The lowest BCUT2D eigenvalue weighted by molar-refractivity contribution is 0.0762. The van der Waals surface area contributed by atoms with E-state index in [1.54, 1.807) is 14.2 Å². The summed E-state index contributed by atoms with van der Waals surface area (Å²) in [7, 11) is 3.31. The van der Waals surface area contributed by atoms with Crippen molar-refractivity contribution in [2.24, 2.45) is 0 Å². The summed E-state index contributed by atoms with van der Waals surface area (Å²) in [6.07, 6.45) is 2.77. The Balaban J connectivity index is 1.45. The average molecular weight is 555 g/mol. The number of nitrogens with zero attached hydrogens (tertiary/aromatic N) is 3. The number of H-pyrrole nitrogens is 1. The predicted octanol–water partition coefficient (Wildman–Crippen LogP) is 5.75. The van der Waals surface area contributed by atoms with Gasteiger partial charge in [-0.2, -0.15) is 0 Å². The molecule has 4 aromatic rings. The van der Waals surface area contributed by atoms with Crippen LogP contribution in [-0.4, -0.2) is 66.1 Å². The van der Waals surface area contributed by atoms with Crippen LogP contribution in [0.15, 0.2) is 72.9 Å². The van der Waals surface area contributed by atoms with Crippen LogP contribution in [-0.2, 0) is 13.0 Å². The zero-order chi connectivity index (χ0) is 28.8. The van der Waals surface area contributed by atoms with Crippen molar-refractivity contribution in [1.82, 2.24) is 19.8 Å². The van der Waals surface area contributed by atoms with Crippen molar-refractivity contribution in [1.29, 1.82) is 0 Å². The van der Waals surface area contributed by atoms with Crippen molar-refractivity contribution >= 4 is 5.91 Å². The molecule has 8 nitrogen and oxygen atoms in total. The number of hydrogen-bond donors (Lipinski definition) is 1. The van der Waals surface area contributed by atoms with E-state index in [1.807, 2.05) is 79.5 Å². The molecule has 1 aromatic heterocycles. The number of carbonyl (C=O) groups is 1. The number of nitrogens with one attached hydrogen (secondary N) is 1. The van der Waals surface area contributed by atoms with E-state index in [0.29, 0.717) is 43.3 Å². The zero-order valence-electron chi connectivity index (χ0n) is 24.2. The van der Waals surface area contributed by atoms with E-state index in [9.17, 15) is 4.79 Å². The third kappa shape index (κ3) is 6.07. The van der Waals surface area contributed by atoms with Crippen molar-refractivity contribution in [2.45, 2.75) is 32.9 Å².